The van der Waals surface area contributed by atoms with Crippen molar-refractivity contribution in [2.45, 2.75) is 19.4 Å². The van der Waals surface area contributed by atoms with Crippen LogP contribution in [0.1, 0.15) is 33.1 Å². The topological polar surface area (TPSA) is 65.6 Å². The van der Waals surface area contributed by atoms with E-state index in [0.29, 0.717) is 30.4 Å². The number of carbonyl (C=O) groups excluding carboxylic acids is 1. The Kier molecular flexibility index (Phi) is 7.14. The number of carbonyl (C=O) groups is 1. The standard InChI is InChI=1S/C34H34ClN3O3/c1-22-8-10-23(11-9-22)21-38(2,3)14-15-41-26-12-13-29-24(16-26)17-30(36-29)34(40)37-20-25(19-35)33-28-7-5-4-6-27(28)32(39)18-31(33)37/h4-13,16-18,25H,14-15,19-21H2,1-3H3,(H-,36,39,40)/p+1/t25-/m1/s1. The molecule has 1 aliphatic rings. The van der Waals surface area contributed by atoms with Gasteiger partial charge in [-0.25, -0.2) is 0 Å². The highest BCUT2D eigenvalue weighted by atomic mass is 35.5. The summed E-state index contributed by atoms with van der Waals surface area (Å²) in [5.41, 5.74) is 5.66. The van der Waals surface area contributed by atoms with E-state index >= 15 is 0 Å². The largest absolute Gasteiger partial charge is 0.507 e. The van der Waals surface area contributed by atoms with Crippen LogP contribution in [0.2, 0.25) is 0 Å². The zero-order valence-corrected chi connectivity index (χ0v) is 24.4. The van der Waals surface area contributed by atoms with Crippen LogP contribution in [0.5, 0.6) is 11.5 Å². The van der Waals surface area contributed by atoms with E-state index in [4.69, 9.17) is 16.3 Å². The Hall–Kier alpha value is -4.00. The zero-order chi connectivity index (χ0) is 28.7. The molecule has 7 heteroatoms. The van der Waals surface area contributed by atoms with Gasteiger partial charge in [0.15, 0.2) is 0 Å². The molecule has 2 heterocycles. The van der Waals surface area contributed by atoms with Crippen LogP contribution in [-0.2, 0) is 6.54 Å². The summed E-state index contributed by atoms with van der Waals surface area (Å²) in [5.74, 6) is 1.16. The quantitative estimate of drug-likeness (QED) is 0.157. The molecular weight excluding hydrogens is 534 g/mol. The Morgan fingerprint density at radius 2 is 1.80 bits per heavy atom. The Morgan fingerprint density at radius 3 is 2.56 bits per heavy atom. The highest BCUT2D eigenvalue weighted by molar-refractivity contribution is 6.19. The maximum absolute atomic E-state index is 13.8. The van der Waals surface area contributed by atoms with Crippen LogP contribution in [0.4, 0.5) is 5.69 Å². The molecule has 0 saturated heterocycles. The van der Waals surface area contributed by atoms with E-state index < -0.39 is 0 Å². The van der Waals surface area contributed by atoms with Crippen molar-refractivity contribution in [2.75, 3.05) is 44.6 Å². The van der Waals surface area contributed by atoms with E-state index in [9.17, 15) is 9.90 Å². The van der Waals surface area contributed by atoms with Crippen molar-refractivity contribution >= 4 is 44.9 Å². The first-order chi connectivity index (χ1) is 19.7. The molecule has 4 aromatic carbocycles. The fraction of sp³-hybridized carbons (Fsp3) is 0.265. The number of nitrogens with one attached hydrogen (secondary N) is 1. The van der Waals surface area contributed by atoms with Crippen molar-refractivity contribution in [1.29, 1.82) is 0 Å². The van der Waals surface area contributed by atoms with Crippen LogP contribution in [0.25, 0.3) is 21.7 Å². The van der Waals surface area contributed by atoms with Gasteiger partial charge in [0.1, 0.15) is 36.9 Å². The third-order valence-corrected chi connectivity index (χ3v) is 8.47. The maximum atomic E-state index is 13.8. The summed E-state index contributed by atoms with van der Waals surface area (Å²) in [6.07, 6.45) is 0. The number of H-pyrrole nitrogens is 1. The second-order valence-electron chi connectivity index (χ2n) is 11.7. The lowest BCUT2D eigenvalue weighted by atomic mass is 9.95. The predicted octanol–water partition coefficient (Wildman–Crippen LogP) is 6.97. The van der Waals surface area contributed by atoms with Crippen LogP contribution in [-0.4, -0.2) is 60.2 Å². The van der Waals surface area contributed by atoms with Crippen molar-refractivity contribution in [2.24, 2.45) is 0 Å². The number of hydrogen-bond acceptors (Lipinski definition) is 3. The number of quaternary nitrogens is 1. The number of aryl methyl sites for hydroxylation is 1. The molecule has 210 valence electrons. The van der Waals surface area contributed by atoms with E-state index in [0.717, 1.165) is 50.6 Å². The number of fused-ring (bicyclic) bond motifs is 4. The number of benzene rings is 4. The molecule has 0 spiro atoms. The number of aromatic amines is 1. The number of aromatic hydroxyl groups is 1. The number of aromatic nitrogens is 1. The molecule has 0 unspecified atom stereocenters. The summed E-state index contributed by atoms with van der Waals surface area (Å²) in [7, 11) is 4.43. The van der Waals surface area contributed by atoms with Gasteiger partial charge in [-0.15, -0.1) is 11.6 Å². The second-order valence-corrected chi connectivity index (χ2v) is 12.0. The van der Waals surface area contributed by atoms with Crippen LogP contribution in [0.15, 0.2) is 78.9 Å². The molecule has 6 nitrogen and oxygen atoms in total. The molecule has 6 rings (SSSR count). The first-order valence-corrected chi connectivity index (χ1v) is 14.5. The number of amides is 1. The predicted molar refractivity (Wildman–Crippen MR) is 166 cm³/mol. The number of anilines is 1. The molecule has 0 fully saturated rings. The number of halogens is 1. The number of rotatable bonds is 8. The lowest BCUT2D eigenvalue weighted by Gasteiger charge is -2.29. The molecule has 1 aliphatic heterocycles. The Bertz CT molecular complexity index is 1740. The van der Waals surface area contributed by atoms with Crippen LogP contribution < -0.4 is 9.64 Å². The van der Waals surface area contributed by atoms with Gasteiger partial charge in [0.2, 0.25) is 0 Å². The molecule has 0 bridgehead atoms. The van der Waals surface area contributed by atoms with Crippen LogP contribution in [0.3, 0.4) is 0 Å². The monoisotopic (exact) mass is 568 g/mol. The first-order valence-electron chi connectivity index (χ1n) is 14.0. The summed E-state index contributed by atoms with van der Waals surface area (Å²) in [5, 5.41) is 13.3. The van der Waals surface area contributed by atoms with Gasteiger partial charge >= 0.3 is 0 Å². The van der Waals surface area contributed by atoms with E-state index in [1.807, 2.05) is 48.5 Å². The number of alkyl halides is 1. The minimum Gasteiger partial charge on any atom is -0.507 e. The number of nitrogens with zero attached hydrogens (tertiary/aromatic N) is 2. The number of phenolic OH excluding ortho intramolecular Hbond substituents is 1. The van der Waals surface area contributed by atoms with Gasteiger partial charge < -0.3 is 24.2 Å². The highest BCUT2D eigenvalue weighted by Crippen LogP contribution is 2.45. The summed E-state index contributed by atoms with van der Waals surface area (Å²) in [6.45, 7) is 4.95. The molecule has 1 aromatic heterocycles. The van der Waals surface area contributed by atoms with Gasteiger partial charge in [-0.1, -0.05) is 54.1 Å². The normalized spacial score (nSPS) is 15.0. The lowest BCUT2D eigenvalue weighted by Crippen LogP contribution is -2.41. The van der Waals surface area contributed by atoms with Gasteiger partial charge in [0.25, 0.3) is 5.91 Å². The SMILES string of the molecule is Cc1ccc(C[N+](C)(C)CCOc2ccc3[nH]c(C(=O)N4C[C@@H](CCl)c5c4cc(O)c4ccccc54)cc3c2)cc1. The fourth-order valence-corrected chi connectivity index (χ4v) is 6.14. The number of likely N-dealkylation sites (N-methyl/N-ethyl adjacent to an activating group) is 1. The molecular formula is C34H35ClN3O3+. The molecule has 2 N–H and O–H groups in total. The Labute approximate surface area is 245 Å². The maximum Gasteiger partial charge on any atom is 0.274 e. The summed E-state index contributed by atoms with van der Waals surface area (Å²) < 4.78 is 6.96. The van der Waals surface area contributed by atoms with Crippen molar-refractivity contribution in [3.8, 4) is 11.5 Å². The van der Waals surface area contributed by atoms with Crippen molar-refractivity contribution in [3.05, 3.63) is 101 Å². The zero-order valence-electron chi connectivity index (χ0n) is 23.7. The number of phenols is 1. The van der Waals surface area contributed by atoms with Gasteiger partial charge in [0.05, 0.1) is 19.8 Å². The summed E-state index contributed by atoms with van der Waals surface area (Å²) in [6, 6.07) is 25.8. The van der Waals surface area contributed by atoms with Crippen molar-refractivity contribution < 1.29 is 19.1 Å². The molecule has 1 atom stereocenters. The van der Waals surface area contributed by atoms with E-state index in [2.05, 4.69) is 50.3 Å². The van der Waals surface area contributed by atoms with Gasteiger partial charge in [0, 0.05) is 46.3 Å². The summed E-state index contributed by atoms with van der Waals surface area (Å²) >= 11 is 6.37. The second kappa shape index (κ2) is 10.8. The van der Waals surface area contributed by atoms with Gasteiger partial charge in [-0.2, -0.15) is 0 Å². The fourth-order valence-electron chi connectivity index (χ4n) is 5.88. The average molecular weight is 569 g/mol. The number of hydrogen-bond donors (Lipinski definition) is 2. The molecule has 0 aliphatic carbocycles. The third-order valence-electron chi connectivity index (χ3n) is 8.10. The van der Waals surface area contributed by atoms with E-state index in [-0.39, 0.29) is 17.6 Å². The molecule has 0 radical (unpaired) electrons. The molecule has 0 saturated carbocycles. The highest BCUT2D eigenvalue weighted by Gasteiger charge is 2.35. The molecule has 41 heavy (non-hydrogen) atoms. The summed E-state index contributed by atoms with van der Waals surface area (Å²) in [4.78, 5) is 18.8. The van der Waals surface area contributed by atoms with E-state index in [1.165, 1.54) is 11.1 Å². The lowest BCUT2D eigenvalue weighted by molar-refractivity contribution is -0.903. The van der Waals surface area contributed by atoms with Crippen LogP contribution in [0, 0.1) is 6.92 Å². The Balaban J connectivity index is 1.18. The van der Waals surface area contributed by atoms with Crippen molar-refractivity contribution in [3.63, 3.8) is 0 Å². The Morgan fingerprint density at radius 1 is 1.05 bits per heavy atom. The minimum absolute atomic E-state index is 0.0147. The third kappa shape index (κ3) is 5.37. The van der Waals surface area contributed by atoms with Crippen LogP contribution >= 0.6 is 11.6 Å². The average Bonchev–Trinajstić information content (AvgIpc) is 3.55. The smallest absolute Gasteiger partial charge is 0.274 e. The molecule has 1 amide bonds. The minimum atomic E-state index is -0.151. The van der Waals surface area contributed by atoms with Crippen molar-refractivity contribution in [1.82, 2.24) is 4.98 Å². The van der Waals surface area contributed by atoms with E-state index in [1.54, 1.807) is 11.0 Å². The van der Waals surface area contributed by atoms with Gasteiger partial charge in [-0.3, -0.25) is 4.79 Å². The first kappa shape index (κ1) is 27.2. The van der Waals surface area contributed by atoms with Gasteiger partial charge in [-0.05, 0) is 42.1 Å². The number of ether oxygens (including phenoxy) is 1. The molecule has 5 aromatic rings.